The van der Waals surface area contributed by atoms with E-state index in [2.05, 4.69) is 15.0 Å². The van der Waals surface area contributed by atoms with Crippen LogP contribution in [0.5, 0.6) is 0 Å². The zero-order valence-corrected chi connectivity index (χ0v) is 13.7. The topological polar surface area (TPSA) is 88.2 Å². The van der Waals surface area contributed by atoms with Gasteiger partial charge < -0.3 is 0 Å². The first-order chi connectivity index (χ1) is 10.4. The third-order valence-corrected chi connectivity index (χ3v) is 5.00. The van der Waals surface area contributed by atoms with Crippen molar-refractivity contribution in [1.82, 2.24) is 9.71 Å². The van der Waals surface area contributed by atoms with Crippen molar-refractivity contribution < 1.29 is 13.2 Å². The monoisotopic (exact) mass is 337 g/mol. The molecule has 0 aliphatic heterocycles. The summed E-state index contributed by atoms with van der Waals surface area (Å²) in [4.78, 5) is 17.0. The molecule has 0 spiro atoms. The summed E-state index contributed by atoms with van der Waals surface area (Å²) in [5, 5.41) is 3.20. The minimum absolute atomic E-state index is 0.176. The number of nitrogens with zero attached hydrogens (tertiary/aromatic N) is 1. The fourth-order valence-corrected chi connectivity index (χ4v) is 3.00. The second-order valence-electron chi connectivity index (χ2n) is 4.38. The standard InChI is InChI=1S/C14H15N3O3S2/c1-10-9-16-14(21-10)17-13(18)8-5-11-3-6-12(7-4-11)22(19,20)15-2/h3-9,15H,1-2H3,(H,16,17,18)/b8-5+. The van der Waals surface area contributed by atoms with Crippen molar-refractivity contribution in [1.29, 1.82) is 0 Å². The van der Waals surface area contributed by atoms with Crippen molar-refractivity contribution in [2.24, 2.45) is 0 Å². The van der Waals surface area contributed by atoms with E-state index in [-0.39, 0.29) is 10.8 Å². The smallest absolute Gasteiger partial charge is 0.250 e. The van der Waals surface area contributed by atoms with Crippen LogP contribution in [-0.2, 0) is 14.8 Å². The van der Waals surface area contributed by atoms with E-state index < -0.39 is 10.0 Å². The molecular weight excluding hydrogens is 322 g/mol. The number of hydrogen-bond donors (Lipinski definition) is 2. The van der Waals surface area contributed by atoms with Gasteiger partial charge in [0.25, 0.3) is 0 Å². The molecule has 0 unspecified atom stereocenters. The Balaban J connectivity index is 2.02. The number of carbonyl (C=O) groups is 1. The quantitative estimate of drug-likeness (QED) is 0.817. The maximum absolute atomic E-state index is 11.7. The van der Waals surface area contributed by atoms with Gasteiger partial charge in [-0.1, -0.05) is 12.1 Å². The van der Waals surface area contributed by atoms with E-state index >= 15 is 0 Å². The van der Waals surface area contributed by atoms with Crippen LogP contribution < -0.4 is 10.0 Å². The third kappa shape index (κ3) is 4.23. The zero-order valence-electron chi connectivity index (χ0n) is 12.0. The molecule has 8 heteroatoms. The lowest BCUT2D eigenvalue weighted by molar-refractivity contribution is -0.111. The molecule has 0 radical (unpaired) electrons. The Morgan fingerprint density at radius 3 is 2.50 bits per heavy atom. The highest BCUT2D eigenvalue weighted by molar-refractivity contribution is 7.89. The second kappa shape index (κ2) is 6.82. The van der Waals surface area contributed by atoms with Crippen LogP contribution >= 0.6 is 11.3 Å². The summed E-state index contributed by atoms with van der Waals surface area (Å²) in [5.41, 5.74) is 0.723. The van der Waals surface area contributed by atoms with Gasteiger partial charge in [0.15, 0.2) is 5.13 Å². The predicted octanol–water partition coefficient (Wildman–Crippen LogP) is 2.01. The van der Waals surface area contributed by atoms with Crippen LogP contribution in [0.2, 0.25) is 0 Å². The third-order valence-electron chi connectivity index (χ3n) is 2.74. The maximum Gasteiger partial charge on any atom is 0.250 e. The Hall–Kier alpha value is -2.03. The van der Waals surface area contributed by atoms with Gasteiger partial charge in [0.05, 0.1) is 4.90 Å². The number of benzene rings is 1. The van der Waals surface area contributed by atoms with Crippen molar-refractivity contribution >= 4 is 38.5 Å². The van der Waals surface area contributed by atoms with Crippen LogP contribution in [-0.4, -0.2) is 26.4 Å². The number of nitrogens with one attached hydrogen (secondary N) is 2. The molecule has 6 nitrogen and oxygen atoms in total. The molecule has 2 N–H and O–H groups in total. The first-order valence-corrected chi connectivity index (χ1v) is 8.66. The van der Waals surface area contributed by atoms with E-state index in [0.29, 0.717) is 5.13 Å². The van der Waals surface area contributed by atoms with Gasteiger partial charge in [0.2, 0.25) is 15.9 Å². The van der Waals surface area contributed by atoms with E-state index in [1.165, 1.54) is 36.6 Å². The minimum Gasteiger partial charge on any atom is -0.298 e. The molecule has 1 aromatic carbocycles. The molecule has 116 valence electrons. The number of aromatic nitrogens is 1. The summed E-state index contributed by atoms with van der Waals surface area (Å²) in [6.07, 6.45) is 4.66. The van der Waals surface area contributed by atoms with Gasteiger partial charge in [-0.25, -0.2) is 18.1 Å². The van der Waals surface area contributed by atoms with E-state index in [4.69, 9.17) is 0 Å². The van der Waals surface area contributed by atoms with Crippen molar-refractivity contribution in [2.45, 2.75) is 11.8 Å². The molecule has 0 saturated carbocycles. The van der Waals surface area contributed by atoms with Crippen molar-refractivity contribution in [3.63, 3.8) is 0 Å². The Bertz CT molecular complexity index is 793. The molecule has 22 heavy (non-hydrogen) atoms. The number of anilines is 1. The first kappa shape index (κ1) is 16.3. The van der Waals surface area contributed by atoms with Crippen molar-refractivity contribution in [2.75, 3.05) is 12.4 Å². The number of hydrogen-bond acceptors (Lipinski definition) is 5. The van der Waals surface area contributed by atoms with Crippen molar-refractivity contribution in [3.8, 4) is 0 Å². The largest absolute Gasteiger partial charge is 0.298 e. The van der Waals surface area contributed by atoms with Gasteiger partial charge in [0, 0.05) is 17.2 Å². The lowest BCUT2D eigenvalue weighted by Crippen LogP contribution is -2.18. The van der Waals surface area contributed by atoms with Gasteiger partial charge in [0.1, 0.15) is 0 Å². The number of sulfonamides is 1. The molecule has 2 aromatic rings. The van der Waals surface area contributed by atoms with Gasteiger partial charge in [-0.05, 0) is 37.7 Å². The zero-order chi connectivity index (χ0) is 16.2. The SMILES string of the molecule is CNS(=O)(=O)c1ccc(/C=C/C(=O)Nc2ncc(C)s2)cc1. The Morgan fingerprint density at radius 1 is 1.27 bits per heavy atom. The summed E-state index contributed by atoms with van der Waals surface area (Å²) in [5.74, 6) is -0.290. The van der Waals surface area contributed by atoms with Gasteiger partial charge in [-0.15, -0.1) is 11.3 Å². The predicted molar refractivity (Wildman–Crippen MR) is 87.2 cm³/mol. The van der Waals surface area contributed by atoms with Crippen LogP contribution in [0.4, 0.5) is 5.13 Å². The molecule has 0 saturated heterocycles. The lowest BCUT2D eigenvalue weighted by Gasteiger charge is -2.02. The van der Waals surface area contributed by atoms with Crippen LogP contribution in [0.15, 0.2) is 41.4 Å². The second-order valence-corrected chi connectivity index (χ2v) is 7.50. The molecule has 2 rings (SSSR count). The molecule has 0 aliphatic rings. The number of rotatable bonds is 5. The highest BCUT2D eigenvalue weighted by Crippen LogP contribution is 2.16. The number of amides is 1. The summed E-state index contributed by atoms with van der Waals surface area (Å²) >= 11 is 1.39. The Morgan fingerprint density at radius 2 is 1.95 bits per heavy atom. The molecule has 0 aliphatic carbocycles. The summed E-state index contributed by atoms with van der Waals surface area (Å²) < 4.78 is 25.4. The Labute approximate surface area is 133 Å². The molecule has 1 heterocycles. The fraction of sp³-hybridized carbons (Fsp3) is 0.143. The van der Waals surface area contributed by atoms with Crippen LogP contribution in [0.25, 0.3) is 6.08 Å². The average molecular weight is 337 g/mol. The molecule has 0 bridgehead atoms. The van der Waals surface area contributed by atoms with Gasteiger partial charge in [-0.2, -0.15) is 0 Å². The molecular formula is C14H15N3O3S2. The van der Waals surface area contributed by atoms with E-state index in [0.717, 1.165) is 10.4 Å². The number of thiazole rings is 1. The highest BCUT2D eigenvalue weighted by atomic mass is 32.2. The summed E-state index contributed by atoms with van der Waals surface area (Å²) in [7, 11) is -2.09. The highest BCUT2D eigenvalue weighted by Gasteiger charge is 2.09. The Kier molecular flexibility index (Phi) is 5.07. The summed E-state index contributed by atoms with van der Waals surface area (Å²) in [6.45, 7) is 1.91. The van der Waals surface area contributed by atoms with Crippen LogP contribution in [0.3, 0.4) is 0 Å². The molecule has 1 amide bonds. The van der Waals surface area contributed by atoms with Crippen LogP contribution in [0, 0.1) is 6.92 Å². The molecule has 0 fully saturated rings. The minimum atomic E-state index is -3.44. The fourth-order valence-electron chi connectivity index (χ4n) is 1.61. The molecule has 0 atom stereocenters. The van der Waals surface area contributed by atoms with E-state index in [9.17, 15) is 13.2 Å². The van der Waals surface area contributed by atoms with E-state index in [1.54, 1.807) is 24.4 Å². The van der Waals surface area contributed by atoms with Gasteiger partial charge >= 0.3 is 0 Å². The average Bonchev–Trinajstić information content (AvgIpc) is 2.90. The number of aryl methyl sites for hydroxylation is 1. The normalized spacial score (nSPS) is 11.7. The van der Waals surface area contributed by atoms with Crippen LogP contribution in [0.1, 0.15) is 10.4 Å². The van der Waals surface area contributed by atoms with Gasteiger partial charge in [-0.3, -0.25) is 10.1 Å². The first-order valence-electron chi connectivity index (χ1n) is 6.36. The maximum atomic E-state index is 11.7. The summed E-state index contributed by atoms with van der Waals surface area (Å²) in [6, 6.07) is 6.21. The molecule has 1 aromatic heterocycles. The van der Waals surface area contributed by atoms with Crippen molar-refractivity contribution in [3.05, 3.63) is 47.0 Å². The van der Waals surface area contributed by atoms with E-state index in [1.807, 2.05) is 6.92 Å². The number of carbonyl (C=O) groups excluding carboxylic acids is 1. The lowest BCUT2D eigenvalue weighted by atomic mass is 10.2.